The van der Waals surface area contributed by atoms with Crippen molar-refractivity contribution < 1.29 is 23.4 Å². The number of aromatic nitrogens is 3. The van der Waals surface area contributed by atoms with Crippen molar-refractivity contribution in [2.75, 3.05) is 0 Å². The third-order valence-corrected chi connectivity index (χ3v) is 4.71. The molecule has 9 heteroatoms. The van der Waals surface area contributed by atoms with Crippen molar-refractivity contribution in [1.82, 2.24) is 15.0 Å². The van der Waals surface area contributed by atoms with Crippen molar-refractivity contribution in [2.45, 2.75) is 0 Å². The Kier molecular flexibility index (Phi) is 5.62. The van der Waals surface area contributed by atoms with Gasteiger partial charge in [0.05, 0.1) is 6.26 Å². The van der Waals surface area contributed by atoms with E-state index in [9.17, 15) is 0 Å². The first-order chi connectivity index (χ1) is 15.8. The van der Waals surface area contributed by atoms with Gasteiger partial charge in [-0.25, -0.2) is 4.98 Å². The Hall–Kier alpha value is -4.37. The van der Waals surface area contributed by atoms with Gasteiger partial charge in [-0.3, -0.25) is 0 Å². The second kappa shape index (κ2) is 9.19. The molecule has 158 valence electrons. The van der Waals surface area contributed by atoms with Gasteiger partial charge in [-0.1, -0.05) is 24.3 Å². The zero-order valence-corrected chi connectivity index (χ0v) is 17.3. The second-order valence-corrected chi connectivity index (χ2v) is 7.11. The largest absolute Gasteiger partial charge is 0.436 e. The Bertz CT molecular complexity index is 1260. The summed E-state index contributed by atoms with van der Waals surface area (Å²) in [6.07, 6.45) is 3.09. The zero-order valence-electron chi connectivity index (χ0n) is 16.5. The minimum atomic E-state index is 0.0216. The fourth-order valence-electron chi connectivity index (χ4n) is 2.60. The molecule has 32 heavy (non-hydrogen) atoms. The number of hydrogen-bond donors (Lipinski definition) is 0. The van der Waals surface area contributed by atoms with E-state index in [1.807, 2.05) is 29.6 Å². The predicted molar refractivity (Wildman–Crippen MR) is 116 cm³/mol. The highest BCUT2D eigenvalue weighted by Crippen LogP contribution is 2.43. The summed E-state index contributed by atoms with van der Waals surface area (Å²) in [6, 6.07) is 21.5. The number of para-hydroxylation sites is 1. The molecule has 0 unspecified atom stereocenters. The number of benzene rings is 1. The average molecular weight is 445 g/mol. The minimum absolute atomic E-state index is 0.0216. The fourth-order valence-corrected chi connectivity index (χ4v) is 3.17. The molecule has 5 rings (SSSR count). The van der Waals surface area contributed by atoms with E-state index in [0.29, 0.717) is 16.7 Å². The molecule has 8 nitrogen and oxygen atoms in total. The van der Waals surface area contributed by atoms with Gasteiger partial charge in [-0.2, -0.15) is 9.97 Å². The molecule has 4 heterocycles. The highest BCUT2D eigenvalue weighted by molar-refractivity contribution is 7.11. The van der Waals surface area contributed by atoms with Crippen LogP contribution in [-0.2, 0) is 0 Å². The summed E-state index contributed by atoms with van der Waals surface area (Å²) in [5, 5.41) is 2.49. The van der Waals surface area contributed by atoms with Gasteiger partial charge < -0.3 is 23.4 Å². The molecule has 0 spiro atoms. The van der Waals surface area contributed by atoms with E-state index in [1.165, 1.54) is 17.6 Å². The third-order valence-electron chi connectivity index (χ3n) is 3.96. The lowest BCUT2D eigenvalue weighted by atomic mass is 10.3. The molecule has 0 amide bonds. The molecule has 0 fully saturated rings. The molecule has 0 bridgehead atoms. The van der Waals surface area contributed by atoms with Crippen LogP contribution in [0.5, 0.6) is 46.2 Å². The Morgan fingerprint density at radius 2 is 1.56 bits per heavy atom. The molecule has 0 saturated carbocycles. The van der Waals surface area contributed by atoms with Crippen LogP contribution in [0.4, 0.5) is 0 Å². The summed E-state index contributed by atoms with van der Waals surface area (Å²) in [4.78, 5) is 13.0. The Labute approximate surface area is 186 Å². The van der Waals surface area contributed by atoms with E-state index < -0.39 is 0 Å². The summed E-state index contributed by atoms with van der Waals surface area (Å²) >= 11 is 1.40. The summed E-state index contributed by atoms with van der Waals surface area (Å²) in [5.41, 5.74) is 0. The molecular weight excluding hydrogens is 430 g/mol. The number of thiophene rings is 1. The normalized spacial score (nSPS) is 10.5. The Morgan fingerprint density at radius 3 is 2.28 bits per heavy atom. The summed E-state index contributed by atoms with van der Waals surface area (Å²) < 4.78 is 28.9. The van der Waals surface area contributed by atoms with E-state index in [1.54, 1.807) is 54.7 Å². The van der Waals surface area contributed by atoms with E-state index in [-0.39, 0.29) is 29.5 Å². The number of ether oxygens (including phenoxy) is 4. The first-order valence-corrected chi connectivity index (χ1v) is 10.4. The minimum Gasteiger partial charge on any atom is -0.436 e. The topological polar surface area (TPSA) is 88.7 Å². The van der Waals surface area contributed by atoms with Crippen LogP contribution in [-0.4, -0.2) is 15.0 Å². The zero-order chi connectivity index (χ0) is 21.6. The van der Waals surface area contributed by atoms with Crippen molar-refractivity contribution in [1.29, 1.82) is 0 Å². The van der Waals surface area contributed by atoms with Gasteiger partial charge in [-0.15, -0.1) is 11.3 Å². The van der Waals surface area contributed by atoms with Crippen molar-refractivity contribution in [3.63, 3.8) is 0 Å². The molecule has 0 aliphatic carbocycles. The lowest BCUT2D eigenvalue weighted by Gasteiger charge is -2.14. The van der Waals surface area contributed by atoms with Gasteiger partial charge in [-0.05, 0) is 41.8 Å². The molecule has 0 aliphatic rings. The smallest absolute Gasteiger partial charge is 0.329 e. The molecule has 1 aromatic carbocycles. The van der Waals surface area contributed by atoms with Crippen LogP contribution < -0.4 is 18.9 Å². The monoisotopic (exact) mass is 445 g/mol. The second-order valence-electron chi connectivity index (χ2n) is 6.20. The summed E-state index contributed by atoms with van der Waals surface area (Å²) in [7, 11) is 0. The van der Waals surface area contributed by atoms with Crippen molar-refractivity contribution >= 4 is 11.3 Å². The van der Waals surface area contributed by atoms with Crippen LogP contribution >= 0.6 is 11.3 Å². The van der Waals surface area contributed by atoms with Crippen LogP contribution in [0.25, 0.3) is 0 Å². The fraction of sp³-hybridized carbons (Fsp3) is 0. The molecule has 5 aromatic rings. The molecule has 0 saturated heterocycles. The first-order valence-electron chi connectivity index (χ1n) is 9.50. The molecule has 0 aliphatic heterocycles. The molecule has 0 atom stereocenters. The number of hydrogen-bond acceptors (Lipinski definition) is 9. The highest BCUT2D eigenvalue weighted by Gasteiger charge is 2.24. The number of furan rings is 1. The quantitative estimate of drug-likeness (QED) is 0.261. The maximum absolute atomic E-state index is 6.01. The Morgan fingerprint density at radius 1 is 0.719 bits per heavy atom. The van der Waals surface area contributed by atoms with Crippen molar-refractivity contribution in [2.24, 2.45) is 0 Å². The molecule has 0 N–H and O–H groups in total. The molecular formula is C23H15N3O5S. The summed E-state index contributed by atoms with van der Waals surface area (Å²) in [5.74, 6) is 1.31. The van der Waals surface area contributed by atoms with Gasteiger partial charge in [0.15, 0.2) is 5.06 Å². The summed E-state index contributed by atoms with van der Waals surface area (Å²) in [6.45, 7) is 0. The third kappa shape index (κ3) is 4.68. The Balaban J connectivity index is 1.60. The van der Waals surface area contributed by atoms with Crippen LogP contribution in [0.1, 0.15) is 0 Å². The van der Waals surface area contributed by atoms with Gasteiger partial charge in [0.1, 0.15) is 5.75 Å². The van der Waals surface area contributed by atoms with Gasteiger partial charge in [0, 0.05) is 18.3 Å². The van der Waals surface area contributed by atoms with Crippen LogP contribution in [0.2, 0.25) is 0 Å². The van der Waals surface area contributed by atoms with E-state index >= 15 is 0 Å². The van der Waals surface area contributed by atoms with Crippen molar-refractivity contribution in [3.8, 4) is 46.2 Å². The van der Waals surface area contributed by atoms with E-state index in [4.69, 9.17) is 23.4 Å². The predicted octanol–water partition coefficient (Wildman–Crippen LogP) is 6.70. The number of nitrogens with zero attached hydrogens (tertiary/aromatic N) is 3. The first kappa shape index (κ1) is 19.6. The van der Waals surface area contributed by atoms with Gasteiger partial charge >= 0.3 is 6.01 Å². The van der Waals surface area contributed by atoms with Crippen LogP contribution in [0.3, 0.4) is 0 Å². The maximum atomic E-state index is 6.01. The molecule has 4 aromatic heterocycles. The van der Waals surface area contributed by atoms with Crippen molar-refractivity contribution in [3.05, 3.63) is 90.6 Å². The maximum Gasteiger partial charge on any atom is 0.329 e. The highest BCUT2D eigenvalue weighted by atomic mass is 32.1. The molecule has 0 radical (unpaired) electrons. The van der Waals surface area contributed by atoms with Gasteiger partial charge in [0.2, 0.25) is 5.88 Å². The number of pyridine rings is 1. The average Bonchev–Trinajstić information content (AvgIpc) is 3.52. The standard InChI is InChI=1S/C23H15N3O5S/c1-2-8-16(9-3-1)28-21-20(29-17-10-4-5-13-24-17)22(30-18-11-6-14-27-18)26-23(25-21)31-19-12-7-15-32-19/h1-15H. The lowest BCUT2D eigenvalue weighted by Crippen LogP contribution is -2.02. The SMILES string of the molecule is c1ccc(Oc2nc(Oc3cccs3)nc(Oc3ccco3)c2Oc2ccccn2)cc1. The van der Waals surface area contributed by atoms with E-state index in [2.05, 4.69) is 15.0 Å². The van der Waals surface area contributed by atoms with Gasteiger partial charge in [0.25, 0.3) is 23.5 Å². The van der Waals surface area contributed by atoms with E-state index in [0.717, 1.165) is 0 Å². The number of rotatable bonds is 8. The van der Waals surface area contributed by atoms with Crippen LogP contribution in [0, 0.1) is 0 Å². The van der Waals surface area contributed by atoms with Crippen LogP contribution in [0.15, 0.2) is 95.1 Å². The lowest BCUT2D eigenvalue weighted by molar-refractivity contribution is 0.302.